The van der Waals surface area contributed by atoms with Crippen LogP contribution in [0, 0.1) is 6.92 Å². The van der Waals surface area contributed by atoms with E-state index in [2.05, 4.69) is 35.0 Å². The van der Waals surface area contributed by atoms with Crippen LogP contribution >= 0.6 is 15.9 Å². The van der Waals surface area contributed by atoms with E-state index in [1.165, 1.54) is 11.1 Å². The van der Waals surface area contributed by atoms with Crippen LogP contribution in [-0.2, 0) is 20.7 Å². The van der Waals surface area contributed by atoms with Crippen LogP contribution in [0.4, 0.5) is 0 Å². The van der Waals surface area contributed by atoms with Crippen LogP contribution in [-0.4, -0.2) is 31.7 Å². The molecule has 0 aromatic heterocycles. The van der Waals surface area contributed by atoms with E-state index in [1.807, 2.05) is 6.07 Å². The van der Waals surface area contributed by atoms with Crippen LogP contribution in [0.2, 0.25) is 0 Å². The van der Waals surface area contributed by atoms with Crippen molar-refractivity contribution >= 4 is 21.7 Å². The van der Waals surface area contributed by atoms with E-state index in [0.29, 0.717) is 6.61 Å². The number of aryl methyl sites for hydroxylation is 1. The molecule has 1 heterocycles. The summed E-state index contributed by atoms with van der Waals surface area (Å²) in [5.74, 6) is 0.0100. The predicted octanol–water partition coefficient (Wildman–Crippen LogP) is 2.28. The van der Waals surface area contributed by atoms with Crippen molar-refractivity contribution in [2.75, 3.05) is 19.8 Å². The molecule has 1 aliphatic rings. The molecule has 0 bridgehead atoms. The highest BCUT2D eigenvalue weighted by Crippen LogP contribution is 2.21. The molecule has 1 aromatic rings. The molecule has 0 N–H and O–H groups in total. The molecule has 2 rings (SSSR count). The van der Waals surface area contributed by atoms with Gasteiger partial charge in [-0.05, 0) is 18.6 Å². The average Bonchev–Trinajstić information content (AvgIpc) is 2.49. The van der Waals surface area contributed by atoms with Crippen molar-refractivity contribution in [3.05, 3.63) is 33.8 Å². The summed E-state index contributed by atoms with van der Waals surface area (Å²) in [5, 5.41) is 0. The summed E-state index contributed by atoms with van der Waals surface area (Å²) in [6.45, 7) is 2.87. The van der Waals surface area contributed by atoms with Gasteiger partial charge in [0.15, 0.2) is 5.78 Å². The van der Waals surface area contributed by atoms with Crippen LogP contribution in [0.3, 0.4) is 0 Å². The van der Waals surface area contributed by atoms with E-state index in [-0.39, 0.29) is 25.1 Å². The second kappa shape index (κ2) is 5.76. The standard InChI is InChI=1S/C13H15BrO3/c1-9-2-3-13(14)10(4-9)5-12-8-16-6-11(15)7-17-12/h2-4,12H,5-8H2,1H3. The van der Waals surface area contributed by atoms with Crippen molar-refractivity contribution in [2.45, 2.75) is 19.4 Å². The Labute approximate surface area is 109 Å². The molecule has 4 heteroatoms. The summed E-state index contributed by atoms with van der Waals surface area (Å²) in [6.07, 6.45) is 0.717. The molecule has 0 aliphatic carbocycles. The number of ether oxygens (including phenoxy) is 2. The Morgan fingerprint density at radius 2 is 2.24 bits per heavy atom. The Balaban J connectivity index is 2.04. The summed E-state index contributed by atoms with van der Waals surface area (Å²) in [5.41, 5.74) is 2.40. The van der Waals surface area contributed by atoms with E-state index < -0.39 is 0 Å². The lowest BCUT2D eigenvalue weighted by Crippen LogP contribution is -2.21. The molecule has 0 amide bonds. The van der Waals surface area contributed by atoms with Crippen LogP contribution in [0.1, 0.15) is 11.1 Å². The molecule has 0 radical (unpaired) electrons. The minimum Gasteiger partial charge on any atom is -0.371 e. The Hall–Kier alpha value is -0.710. The number of carbonyl (C=O) groups is 1. The van der Waals surface area contributed by atoms with Gasteiger partial charge in [0.2, 0.25) is 0 Å². The number of benzene rings is 1. The maximum absolute atomic E-state index is 11.1. The molecular formula is C13H15BrO3. The highest BCUT2D eigenvalue weighted by Gasteiger charge is 2.18. The fraction of sp³-hybridized carbons (Fsp3) is 0.462. The zero-order valence-electron chi connectivity index (χ0n) is 9.74. The second-order valence-corrected chi connectivity index (χ2v) is 5.14. The highest BCUT2D eigenvalue weighted by molar-refractivity contribution is 9.10. The number of halogens is 1. The minimum absolute atomic E-state index is 0.0100. The highest BCUT2D eigenvalue weighted by atomic mass is 79.9. The maximum Gasteiger partial charge on any atom is 0.184 e. The number of Topliss-reactive ketones (excluding diaryl/α,β-unsaturated/α-hetero) is 1. The zero-order valence-corrected chi connectivity index (χ0v) is 11.3. The molecule has 1 aliphatic heterocycles. The van der Waals surface area contributed by atoms with E-state index in [4.69, 9.17) is 9.47 Å². The van der Waals surface area contributed by atoms with Crippen LogP contribution in [0.15, 0.2) is 22.7 Å². The molecule has 1 aromatic carbocycles. The minimum atomic E-state index is -0.0421. The summed E-state index contributed by atoms with van der Waals surface area (Å²) < 4.78 is 11.9. The topological polar surface area (TPSA) is 35.5 Å². The van der Waals surface area contributed by atoms with Gasteiger partial charge in [-0.2, -0.15) is 0 Å². The van der Waals surface area contributed by atoms with Gasteiger partial charge >= 0.3 is 0 Å². The molecule has 17 heavy (non-hydrogen) atoms. The molecule has 1 atom stereocenters. The summed E-state index contributed by atoms with van der Waals surface area (Å²) in [6, 6.07) is 6.22. The summed E-state index contributed by atoms with van der Waals surface area (Å²) >= 11 is 3.53. The van der Waals surface area contributed by atoms with Crippen LogP contribution in [0.5, 0.6) is 0 Å². The first-order valence-corrected chi connectivity index (χ1v) is 6.40. The van der Waals surface area contributed by atoms with Crippen molar-refractivity contribution in [2.24, 2.45) is 0 Å². The van der Waals surface area contributed by atoms with Crippen molar-refractivity contribution < 1.29 is 14.3 Å². The van der Waals surface area contributed by atoms with Crippen LogP contribution in [0.25, 0.3) is 0 Å². The molecule has 0 saturated carbocycles. The van der Waals surface area contributed by atoms with Gasteiger partial charge < -0.3 is 9.47 Å². The Morgan fingerprint density at radius 3 is 3.06 bits per heavy atom. The van der Waals surface area contributed by atoms with Crippen molar-refractivity contribution in [3.8, 4) is 0 Å². The van der Waals surface area contributed by atoms with Gasteiger partial charge in [0.1, 0.15) is 13.2 Å². The first kappa shape index (κ1) is 12.7. The van der Waals surface area contributed by atoms with Gasteiger partial charge in [0.25, 0.3) is 0 Å². The summed E-state index contributed by atoms with van der Waals surface area (Å²) in [7, 11) is 0. The largest absolute Gasteiger partial charge is 0.371 e. The smallest absolute Gasteiger partial charge is 0.184 e. The monoisotopic (exact) mass is 298 g/mol. The molecular weight excluding hydrogens is 284 g/mol. The maximum atomic E-state index is 11.1. The van der Waals surface area contributed by atoms with Crippen molar-refractivity contribution in [3.63, 3.8) is 0 Å². The van der Waals surface area contributed by atoms with Crippen molar-refractivity contribution in [1.29, 1.82) is 0 Å². The molecule has 1 fully saturated rings. The van der Waals surface area contributed by atoms with Crippen LogP contribution < -0.4 is 0 Å². The fourth-order valence-electron chi connectivity index (χ4n) is 1.83. The quantitative estimate of drug-likeness (QED) is 0.840. The third-order valence-electron chi connectivity index (χ3n) is 2.70. The fourth-order valence-corrected chi connectivity index (χ4v) is 2.24. The molecule has 3 nitrogen and oxygen atoms in total. The van der Waals surface area contributed by atoms with E-state index >= 15 is 0 Å². The second-order valence-electron chi connectivity index (χ2n) is 4.29. The zero-order chi connectivity index (χ0) is 12.3. The lowest BCUT2D eigenvalue weighted by molar-refractivity contribution is -0.124. The summed E-state index contributed by atoms with van der Waals surface area (Å²) in [4.78, 5) is 11.1. The first-order valence-electron chi connectivity index (χ1n) is 5.61. The lowest BCUT2D eigenvalue weighted by Gasteiger charge is -2.15. The molecule has 0 spiro atoms. The number of ketones is 1. The number of hydrogen-bond acceptors (Lipinski definition) is 3. The van der Waals surface area contributed by atoms with E-state index in [1.54, 1.807) is 0 Å². The number of carbonyl (C=O) groups excluding carboxylic acids is 1. The van der Waals surface area contributed by atoms with E-state index in [0.717, 1.165) is 10.9 Å². The molecule has 1 saturated heterocycles. The van der Waals surface area contributed by atoms with E-state index in [9.17, 15) is 4.79 Å². The number of rotatable bonds is 2. The van der Waals surface area contributed by atoms with Crippen molar-refractivity contribution in [1.82, 2.24) is 0 Å². The Bertz CT molecular complexity index is 417. The molecule has 1 unspecified atom stereocenters. The van der Waals surface area contributed by atoms with Gasteiger partial charge in [-0.15, -0.1) is 0 Å². The average molecular weight is 299 g/mol. The van der Waals surface area contributed by atoms with Gasteiger partial charge in [-0.3, -0.25) is 4.79 Å². The Morgan fingerprint density at radius 1 is 1.41 bits per heavy atom. The third kappa shape index (κ3) is 3.63. The lowest BCUT2D eigenvalue weighted by atomic mass is 10.1. The normalized spacial score (nSPS) is 21.3. The van der Waals surface area contributed by atoms with Gasteiger partial charge in [-0.25, -0.2) is 0 Å². The third-order valence-corrected chi connectivity index (χ3v) is 3.47. The Kier molecular flexibility index (Phi) is 4.31. The number of hydrogen-bond donors (Lipinski definition) is 0. The van der Waals surface area contributed by atoms with Gasteiger partial charge in [0, 0.05) is 10.9 Å². The SMILES string of the molecule is Cc1ccc(Br)c(CC2COCC(=O)CO2)c1. The molecule has 92 valence electrons. The predicted molar refractivity (Wildman–Crippen MR) is 68.1 cm³/mol. The first-order chi connectivity index (χ1) is 8.15. The van der Waals surface area contributed by atoms with Gasteiger partial charge in [-0.1, -0.05) is 33.6 Å². The van der Waals surface area contributed by atoms with Gasteiger partial charge in [0.05, 0.1) is 12.7 Å².